The van der Waals surface area contributed by atoms with Crippen molar-refractivity contribution >= 4 is 21.6 Å². The van der Waals surface area contributed by atoms with Crippen LogP contribution in [-0.4, -0.2) is 41.9 Å². The van der Waals surface area contributed by atoms with E-state index in [0.29, 0.717) is 55.2 Å². The first-order chi connectivity index (χ1) is 16.2. The Labute approximate surface area is 200 Å². The zero-order valence-corrected chi connectivity index (χ0v) is 20.8. The molecule has 0 bridgehead atoms. The van der Waals surface area contributed by atoms with Gasteiger partial charge >= 0.3 is 0 Å². The van der Waals surface area contributed by atoms with E-state index in [9.17, 15) is 13.2 Å². The molecule has 0 atom stereocenters. The van der Waals surface area contributed by atoms with E-state index in [-0.39, 0.29) is 16.7 Å². The molecule has 0 spiro atoms. The molecule has 1 aliphatic rings. The number of nitrogens with one attached hydrogen (secondary N) is 1. The fraction of sp³-hybridized carbons (Fsp3) is 0.400. The van der Waals surface area contributed by atoms with E-state index in [1.54, 1.807) is 25.1 Å². The second-order valence-corrected chi connectivity index (χ2v) is 10.8. The molecule has 2 heterocycles. The normalized spacial score (nSPS) is 15.4. The number of carbonyl (C=O) groups is 1. The first kappa shape index (κ1) is 24.1. The topological polar surface area (TPSA) is 105 Å². The van der Waals surface area contributed by atoms with Crippen LogP contribution in [0.2, 0.25) is 0 Å². The van der Waals surface area contributed by atoms with Crippen LogP contribution in [0.25, 0.3) is 11.4 Å². The van der Waals surface area contributed by atoms with Gasteiger partial charge in [0, 0.05) is 36.7 Å². The molecular formula is C25H30N4O4S. The summed E-state index contributed by atoms with van der Waals surface area (Å²) in [7, 11) is -3.73. The van der Waals surface area contributed by atoms with Crippen molar-refractivity contribution in [3.05, 3.63) is 59.0 Å². The highest BCUT2D eigenvalue weighted by Gasteiger charge is 2.33. The maximum atomic E-state index is 13.5. The molecule has 1 amide bonds. The summed E-state index contributed by atoms with van der Waals surface area (Å²) in [6.07, 6.45) is 1.55. The van der Waals surface area contributed by atoms with Crippen LogP contribution in [0.5, 0.6) is 0 Å². The molecule has 0 unspecified atom stereocenters. The molecule has 34 heavy (non-hydrogen) atoms. The Morgan fingerprint density at radius 1 is 1.09 bits per heavy atom. The van der Waals surface area contributed by atoms with E-state index in [1.165, 1.54) is 4.31 Å². The Kier molecular flexibility index (Phi) is 6.86. The van der Waals surface area contributed by atoms with Gasteiger partial charge in [0.15, 0.2) is 0 Å². The second-order valence-electron chi connectivity index (χ2n) is 8.89. The van der Waals surface area contributed by atoms with Gasteiger partial charge in [-0.3, -0.25) is 4.79 Å². The predicted octanol–water partition coefficient (Wildman–Crippen LogP) is 4.26. The van der Waals surface area contributed by atoms with E-state index in [4.69, 9.17) is 4.52 Å². The molecule has 1 saturated heterocycles. The maximum absolute atomic E-state index is 13.5. The highest BCUT2D eigenvalue weighted by Crippen LogP contribution is 2.29. The highest BCUT2D eigenvalue weighted by atomic mass is 32.2. The molecule has 0 aliphatic carbocycles. The van der Waals surface area contributed by atoms with Crippen LogP contribution >= 0.6 is 0 Å². The smallest absolute Gasteiger partial charge is 0.243 e. The maximum Gasteiger partial charge on any atom is 0.243 e. The van der Waals surface area contributed by atoms with Crippen molar-refractivity contribution in [1.29, 1.82) is 0 Å². The van der Waals surface area contributed by atoms with Crippen molar-refractivity contribution in [2.45, 2.75) is 51.9 Å². The molecule has 0 saturated carbocycles. The quantitative estimate of drug-likeness (QED) is 0.563. The van der Waals surface area contributed by atoms with Crippen molar-refractivity contribution in [2.24, 2.45) is 5.92 Å². The Balaban J connectivity index is 1.46. The van der Waals surface area contributed by atoms with Gasteiger partial charge in [0.1, 0.15) is 0 Å². The van der Waals surface area contributed by atoms with E-state index in [0.717, 1.165) is 16.8 Å². The van der Waals surface area contributed by atoms with E-state index in [2.05, 4.69) is 21.5 Å². The second kappa shape index (κ2) is 9.68. The molecule has 8 nitrogen and oxygen atoms in total. The molecule has 1 aromatic heterocycles. The molecule has 1 N–H and O–H groups in total. The minimum Gasteiger partial charge on any atom is -0.339 e. The lowest BCUT2D eigenvalue weighted by Gasteiger charge is -2.31. The fourth-order valence-corrected chi connectivity index (χ4v) is 6.04. The fourth-order valence-electron chi connectivity index (χ4n) is 4.32. The largest absolute Gasteiger partial charge is 0.339 e. The predicted molar refractivity (Wildman–Crippen MR) is 130 cm³/mol. The average Bonchev–Trinajstić information content (AvgIpc) is 3.28. The zero-order valence-electron chi connectivity index (χ0n) is 20.0. The third-order valence-corrected chi connectivity index (χ3v) is 8.19. The van der Waals surface area contributed by atoms with Crippen molar-refractivity contribution < 1.29 is 17.7 Å². The number of benzene rings is 2. The first-order valence-electron chi connectivity index (χ1n) is 11.5. The number of aromatic nitrogens is 2. The number of piperidine rings is 1. The van der Waals surface area contributed by atoms with E-state index >= 15 is 0 Å². The Morgan fingerprint density at radius 2 is 1.76 bits per heavy atom. The number of nitrogens with zero attached hydrogens (tertiary/aromatic N) is 3. The molecule has 1 aliphatic heterocycles. The van der Waals surface area contributed by atoms with Crippen molar-refractivity contribution in [1.82, 2.24) is 14.4 Å². The molecule has 0 radical (unpaired) electrons. The Bertz CT molecular complexity index is 1290. The summed E-state index contributed by atoms with van der Waals surface area (Å²) in [5.74, 6) is 0.576. The van der Waals surface area contributed by atoms with Gasteiger partial charge in [-0.25, -0.2) is 8.42 Å². The van der Waals surface area contributed by atoms with Crippen molar-refractivity contribution in [2.75, 3.05) is 18.4 Å². The number of aryl methyl sites for hydroxylation is 4. The molecule has 4 rings (SSSR count). The summed E-state index contributed by atoms with van der Waals surface area (Å²) in [6.45, 7) is 8.25. The minimum absolute atomic E-state index is 0.0657. The third kappa shape index (κ3) is 5.05. The highest BCUT2D eigenvalue weighted by molar-refractivity contribution is 7.89. The van der Waals surface area contributed by atoms with Crippen LogP contribution in [0.15, 0.2) is 45.8 Å². The van der Waals surface area contributed by atoms with Crippen LogP contribution in [0, 0.1) is 26.7 Å². The minimum atomic E-state index is -3.73. The van der Waals surface area contributed by atoms with Gasteiger partial charge < -0.3 is 9.84 Å². The number of rotatable bonds is 6. The van der Waals surface area contributed by atoms with Gasteiger partial charge in [0.25, 0.3) is 0 Å². The molecule has 1 fully saturated rings. The van der Waals surface area contributed by atoms with Crippen LogP contribution < -0.4 is 5.32 Å². The van der Waals surface area contributed by atoms with Crippen molar-refractivity contribution in [3.8, 4) is 11.4 Å². The van der Waals surface area contributed by atoms with E-state index in [1.807, 2.05) is 32.9 Å². The van der Waals surface area contributed by atoms with Crippen LogP contribution in [-0.2, 0) is 21.2 Å². The zero-order chi connectivity index (χ0) is 24.5. The third-order valence-electron chi connectivity index (χ3n) is 6.15. The summed E-state index contributed by atoms with van der Waals surface area (Å²) in [5, 5.41) is 6.95. The lowest BCUT2D eigenvalue weighted by atomic mass is 9.97. The standard InChI is InChI=1S/C25H30N4O4S/c1-5-23-27-24(28-33-23)20-7-6-18(4)22(15-20)34(31,32)29-10-8-19(9-11-29)25(30)26-21-13-16(2)12-17(3)14-21/h6-7,12-15,19H,5,8-11H2,1-4H3,(H,26,30). The first-order valence-corrected chi connectivity index (χ1v) is 12.9. The van der Waals surface area contributed by atoms with Crippen LogP contribution in [0.1, 0.15) is 42.3 Å². The number of hydrogen-bond donors (Lipinski definition) is 1. The molecular weight excluding hydrogens is 452 g/mol. The van der Waals surface area contributed by atoms with Gasteiger partial charge in [-0.1, -0.05) is 30.3 Å². The summed E-state index contributed by atoms with van der Waals surface area (Å²) < 4.78 is 33.6. The molecule has 180 valence electrons. The van der Waals surface area contributed by atoms with Crippen LogP contribution in [0.3, 0.4) is 0 Å². The monoisotopic (exact) mass is 482 g/mol. The summed E-state index contributed by atoms with van der Waals surface area (Å²) in [6, 6.07) is 11.1. The van der Waals surface area contributed by atoms with Gasteiger partial charge in [0.05, 0.1) is 4.90 Å². The summed E-state index contributed by atoms with van der Waals surface area (Å²) in [5.41, 5.74) is 4.19. The van der Waals surface area contributed by atoms with Gasteiger partial charge in [-0.15, -0.1) is 0 Å². The Morgan fingerprint density at radius 3 is 2.38 bits per heavy atom. The molecule has 9 heteroatoms. The lowest BCUT2D eigenvalue weighted by molar-refractivity contribution is -0.120. The summed E-state index contributed by atoms with van der Waals surface area (Å²) in [4.78, 5) is 17.3. The number of anilines is 1. The van der Waals surface area contributed by atoms with Gasteiger partial charge in [-0.05, 0) is 68.5 Å². The van der Waals surface area contributed by atoms with E-state index < -0.39 is 10.0 Å². The van der Waals surface area contributed by atoms with Crippen molar-refractivity contribution in [3.63, 3.8) is 0 Å². The lowest BCUT2D eigenvalue weighted by Crippen LogP contribution is -2.41. The average molecular weight is 483 g/mol. The van der Waals surface area contributed by atoms with Gasteiger partial charge in [-0.2, -0.15) is 9.29 Å². The molecule has 3 aromatic rings. The van der Waals surface area contributed by atoms with Gasteiger partial charge in [0.2, 0.25) is 27.6 Å². The number of amides is 1. The number of hydrogen-bond acceptors (Lipinski definition) is 6. The SMILES string of the molecule is CCc1nc(-c2ccc(C)c(S(=O)(=O)N3CCC(C(=O)Nc4cc(C)cc(C)c4)CC3)c2)no1. The summed E-state index contributed by atoms with van der Waals surface area (Å²) >= 11 is 0. The number of sulfonamides is 1. The Hall–Kier alpha value is -3.04. The molecule has 2 aromatic carbocycles. The number of carbonyl (C=O) groups excluding carboxylic acids is 1. The van der Waals surface area contributed by atoms with Crippen LogP contribution in [0.4, 0.5) is 5.69 Å².